The number of carbonyl (C=O) groups is 1. The molecule has 0 aliphatic heterocycles. The SMILES string of the molecule is O=C(Cc1ccccc1F)OCc1nc2scc(-c3ccccc3)c2c(=O)[nH]1. The minimum absolute atomic E-state index is 0.183. The van der Waals surface area contributed by atoms with Crippen molar-refractivity contribution in [1.82, 2.24) is 9.97 Å². The Morgan fingerprint density at radius 1 is 1.11 bits per heavy atom. The van der Waals surface area contributed by atoms with Crippen LogP contribution in [-0.2, 0) is 22.6 Å². The summed E-state index contributed by atoms with van der Waals surface area (Å²) in [6.07, 6.45) is -0.184. The van der Waals surface area contributed by atoms with Crippen molar-refractivity contribution in [1.29, 1.82) is 0 Å². The van der Waals surface area contributed by atoms with Gasteiger partial charge in [-0.1, -0.05) is 48.5 Å². The number of rotatable bonds is 5. The van der Waals surface area contributed by atoms with Crippen LogP contribution in [0, 0.1) is 5.82 Å². The summed E-state index contributed by atoms with van der Waals surface area (Å²) in [5.74, 6) is -0.802. The smallest absolute Gasteiger partial charge is 0.310 e. The lowest BCUT2D eigenvalue weighted by molar-refractivity contribution is -0.144. The Morgan fingerprint density at radius 3 is 2.64 bits per heavy atom. The van der Waals surface area contributed by atoms with Gasteiger partial charge in [0.1, 0.15) is 23.1 Å². The van der Waals surface area contributed by atoms with Gasteiger partial charge in [-0.15, -0.1) is 11.3 Å². The molecule has 2 aromatic carbocycles. The lowest BCUT2D eigenvalue weighted by Gasteiger charge is -2.06. The van der Waals surface area contributed by atoms with Gasteiger partial charge in [0.05, 0.1) is 11.8 Å². The molecule has 0 saturated heterocycles. The van der Waals surface area contributed by atoms with Crippen molar-refractivity contribution < 1.29 is 13.9 Å². The van der Waals surface area contributed by atoms with Crippen LogP contribution in [0.5, 0.6) is 0 Å². The van der Waals surface area contributed by atoms with E-state index in [4.69, 9.17) is 4.74 Å². The summed E-state index contributed by atoms with van der Waals surface area (Å²) in [6, 6.07) is 15.6. The van der Waals surface area contributed by atoms with E-state index in [1.165, 1.54) is 23.5 Å². The molecule has 2 heterocycles. The number of nitrogens with one attached hydrogen (secondary N) is 1. The molecule has 7 heteroatoms. The zero-order valence-corrected chi connectivity index (χ0v) is 15.5. The van der Waals surface area contributed by atoms with E-state index in [0.29, 0.717) is 10.2 Å². The molecule has 0 radical (unpaired) electrons. The molecule has 0 fully saturated rings. The molecule has 0 amide bonds. The molecule has 0 atom stereocenters. The van der Waals surface area contributed by atoms with Gasteiger partial charge in [-0.2, -0.15) is 0 Å². The van der Waals surface area contributed by atoms with Gasteiger partial charge in [0.25, 0.3) is 5.56 Å². The lowest BCUT2D eigenvalue weighted by atomic mass is 10.1. The average molecular weight is 394 g/mol. The predicted octanol–water partition coefficient (Wildman–Crippen LogP) is 4.08. The highest BCUT2D eigenvalue weighted by molar-refractivity contribution is 7.17. The number of thiophene rings is 1. The Bertz CT molecular complexity index is 1200. The highest BCUT2D eigenvalue weighted by Gasteiger charge is 2.14. The standard InChI is InChI=1S/C21H15FN2O3S/c22-16-9-5-4-8-14(16)10-18(25)27-11-17-23-20(26)19-15(12-28-21(19)24-17)13-6-2-1-3-7-13/h1-9,12H,10-11H2,(H,23,24,26). The Balaban J connectivity index is 1.52. The second kappa shape index (κ2) is 7.74. The summed E-state index contributed by atoms with van der Waals surface area (Å²) in [5.41, 5.74) is 1.72. The Morgan fingerprint density at radius 2 is 1.86 bits per heavy atom. The normalized spacial score (nSPS) is 10.9. The first kappa shape index (κ1) is 18.1. The number of fused-ring (bicyclic) bond motifs is 1. The summed E-state index contributed by atoms with van der Waals surface area (Å²) < 4.78 is 18.8. The minimum Gasteiger partial charge on any atom is -0.457 e. The quantitative estimate of drug-likeness (QED) is 0.518. The number of hydrogen-bond acceptors (Lipinski definition) is 5. The van der Waals surface area contributed by atoms with E-state index in [0.717, 1.165) is 11.1 Å². The summed E-state index contributed by atoms with van der Waals surface area (Å²) in [5, 5.41) is 2.40. The number of halogens is 1. The first-order valence-corrected chi connectivity index (χ1v) is 9.44. The third-order valence-electron chi connectivity index (χ3n) is 4.24. The van der Waals surface area contributed by atoms with Gasteiger partial charge in [0.15, 0.2) is 0 Å². The molecule has 140 valence electrons. The fraction of sp³-hybridized carbons (Fsp3) is 0.0952. The van der Waals surface area contributed by atoms with E-state index in [1.54, 1.807) is 12.1 Å². The highest BCUT2D eigenvalue weighted by Crippen LogP contribution is 2.30. The molecule has 0 spiro atoms. The molecule has 0 aliphatic carbocycles. The maximum absolute atomic E-state index is 13.6. The minimum atomic E-state index is -0.594. The maximum Gasteiger partial charge on any atom is 0.310 e. The van der Waals surface area contributed by atoms with Gasteiger partial charge < -0.3 is 9.72 Å². The van der Waals surface area contributed by atoms with E-state index >= 15 is 0 Å². The van der Waals surface area contributed by atoms with E-state index in [2.05, 4.69) is 9.97 Å². The third-order valence-corrected chi connectivity index (χ3v) is 5.11. The highest BCUT2D eigenvalue weighted by atomic mass is 32.1. The third kappa shape index (κ3) is 3.70. The van der Waals surface area contributed by atoms with Crippen LogP contribution in [0.2, 0.25) is 0 Å². The van der Waals surface area contributed by atoms with Crippen molar-refractivity contribution in [3.8, 4) is 11.1 Å². The molecule has 5 nitrogen and oxygen atoms in total. The number of benzene rings is 2. The van der Waals surface area contributed by atoms with Crippen LogP contribution in [0.3, 0.4) is 0 Å². The number of carbonyl (C=O) groups excluding carboxylic acids is 1. The number of H-pyrrole nitrogens is 1. The van der Waals surface area contributed by atoms with Crippen molar-refractivity contribution in [2.75, 3.05) is 0 Å². The predicted molar refractivity (Wildman–Crippen MR) is 106 cm³/mol. The van der Waals surface area contributed by atoms with Crippen molar-refractivity contribution in [2.24, 2.45) is 0 Å². The largest absolute Gasteiger partial charge is 0.457 e. The lowest BCUT2D eigenvalue weighted by Crippen LogP contribution is -2.15. The van der Waals surface area contributed by atoms with Gasteiger partial charge in [-0.3, -0.25) is 9.59 Å². The zero-order valence-electron chi connectivity index (χ0n) is 14.6. The summed E-state index contributed by atoms with van der Waals surface area (Å²) in [7, 11) is 0. The van der Waals surface area contributed by atoms with E-state index < -0.39 is 11.8 Å². The second-order valence-electron chi connectivity index (χ2n) is 6.14. The van der Waals surface area contributed by atoms with E-state index in [1.807, 2.05) is 35.7 Å². The number of nitrogens with zero attached hydrogens (tertiary/aromatic N) is 1. The van der Waals surface area contributed by atoms with Gasteiger partial charge in [0, 0.05) is 10.9 Å². The molecule has 4 aromatic rings. The zero-order chi connectivity index (χ0) is 19.5. The van der Waals surface area contributed by atoms with Crippen LogP contribution < -0.4 is 5.56 Å². The van der Waals surface area contributed by atoms with Gasteiger partial charge in [-0.05, 0) is 17.2 Å². The Labute approximate surface area is 163 Å². The van der Waals surface area contributed by atoms with Crippen LogP contribution in [0.1, 0.15) is 11.4 Å². The second-order valence-corrected chi connectivity index (χ2v) is 7.00. The molecule has 0 aliphatic rings. The Kier molecular flexibility index (Phi) is 4.99. The molecule has 1 N–H and O–H groups in total. The maximum atomic E-state index is 13.6. The van der Waals surface area contributed by atoms with E-state index in [9.17, 15) is 14.0 Å². The molecule has 2 aromatic heterocycles. The molecule has 0 saturated carbocycles. The number of aromatic nitrogens is 2. The first-order valence-electron chi connectivity index (χ1n) is 8.56. The molecule has 0 bridgehead atoms. The molecular weight excluding hydrogens is 379 g/mol. The summed E-state index contributed by atoms with van der Waals surface area (Å²) >= 11 is 1.35. The monoisotopic (exact) mass is 394 g/mol. The summed E-state index contributed by atoms with van der Waals surface area (Å²) in [6.45, 7) is -0.183. The summed E-state index contributed by atoms with van der Waals surface area (Å²) in [4.78, 5) is 32.2. The van der Waals surface area contributed by atoms with Gasteiger partial charge in [0.2, 0.25) is 0 Å². The van der Waals surface area contributed by atoms with Crippen LogP contribution in [-0.4, -0.2) is 15.9 Å². The van der Waals surface area contributed by atoms with Crippen LogP contribution >= 0.6 is 11.3 Å². The van der Waals surface area contributed by atoms with Crippen LogP contribution in [0.4, 0.5) is 4.39 Å². The fourth-order valence-electron chi connectivity index (χ4n) is 2.89. The molecule has 4 rings (SSSR count). The van der Waals surface area contributed by atoms with Gasteiger partial charge >= 0.3 is 5.97 Å². The topological polar surface area (TPSA) is 72.0 Å². The van der Waals surface area contributed by atoms with E-state index in [-0.39, 0.29) is 30.0 Å². The average Bonchev–Trinajstić information content (AvgIpc) is 3.13. The Hall–Kier alpha value is -3.32. The number of hydrogen-bond donors (Lipinski definition) is 1. The number of aromatic amines is 1. The molecule has 0 unspecified atom stereocenters. The number of ether oxygens (including phenoxy) is 1. The van der Waals surface area contributed by atoms with Crippen molar-refractivity contribution in [3.05, 3.63) is 87.5 Å². The fourth-order valence-corrected chi connectivity index (χ4v) is 3.86. The van der Waals surface area contributed by atoms with Crippen molar-refractivity contribution in [2.45, 2.75) is 13.0 Å². The van der Waals surface area contributed by atoms with Crippen LogP contribution in [0.25, 0.3) is 21.3 Å². The van der Waals surface area contributed by atoms with Crippen molar-refractivity contribution >= 4 is 27.5 Å². The molecular formula is C21H15FN2O3S. The van der Waals surface area contributed by atoms with Crippen LogP contribution in [0.15, 0.2) is 64.8 Å². The van der Waals surface area contributed by atoms with Gasteiger partial charge in [-0.25, -0.2) is 9.37 Å². The number of esters is 1. The first-order chi connectivity index (χ1) is 13.6. The van der Waals surface area contributed by atoms with Crippen molar-refractivity contribution in [3.63, 3.8) is 0 Å². The molecule has 28 heavy (non-hydrogen) atoms.